The Hall–Kier alpha value is -2.40. The molecule has 1 saturated heterocycles. The van der Waals surface area contributed by atoms with Gasteiger partial charge >= 0.3 is 0 Å². The van der Waals surface area contributed by atoms with Gasteiger partial charge in [-0.3, -0.25) is 0 Å². The molecule has 1 unspecified atom stereocenters. The van der Waals surface area contributed by atoms with Gasteiger partial charge in [0.25, 0.3) is 5.92 Å². The predicted molar refractivity (Wildman–Crippen MR) is 141 cm³/mol. The molecule has 6 heterocycles. The van der Waals surface area contributed by atoms with E-state index in [0.29, 0.717) is 28.6 Å². The lowest BCUT2D eigenvalue weighted by Crippen LogP contribution is -2.50. The summed E-state index contributed by atoms with van der Waals surface area (Å²) >= 11 is 7.39. The average molecular weight is 547 g/mol. The van der Waals surface area contributed by atoms with Crippen molar-refractivity contribution in [1.82, 2.24) is 19.4 Å². The third-order valence-corrected chi connectivity index (χ3v) is 9.27. The van der Waals surface area contributed by atoms with E-state index in [0.717, 1.165) is 49.1 Å². The van der Waals surface area contributed by atoms with Crippen LogP contribution in [0.5, 0.6) is 0 Å². The summed E-state index contributed by atoms with van der Waals surface area (Å²) in [6.07, 6.45) is 6.93. The van der Waals surface area contributed by atoms with E-state index in [4.69, 9.17) is 21.4 Å². The highest BCUT2D eigenvalue weighted by molar-refractivity contribution is 7.16. The highest BCUT2D eigenvalue weighted by atomic mass is 35.5. The van der Waals surface area contributed by atoms with Crippen LogP contribution < -0.4 is 5.01 Å². The number of pyridine rings is 1. The Morgan fingerprint density at radius 2 is 2.00 bits per heavy atom. The second-order valence-electron chi connectivity index (χ2n) is 10.2. The zero-order chi connectivity index (χ0) is 25.8. The standard InChI is InChI=1S/C26H29ClF2N6OS/c1-17-20(15-35(32-17)24-19(4-3-7-31-24)14-34-11-8-30-18(34)2)13-33-9-5-25(6-10-33)23-21(12-22(27)37-23)26(28,29)16-36-25/h3-4,7-8,11-12,20H,5-6,9-10,13-16H2,1-2H3. The van der Waals surface area contributed by atoms with Gasteiger partial charge in [0, 0.05) is 65.9 Å². The Bertz CT molecular complexity index is 1330. The van der Waals surface area contributed by atoms with Crippen molar-refractivity contribution in [1.29, 1.82) is 0 Å². The molecule has 196 valence electrons. The first-order valence-electron chi connectivity index (χ1n) is 12.5. The number of hydrogen-bond acceptors (Lipinski definition) is 7. The van der Waals surface area contributed by atoms with Crippen LogP contribution in [0, 0.1) is 12.8 Å². The van der Waals surface area contributed by atoms with Crippen LogP contribution in [-0.4, -0.2) is 57.9 Å². The summed E-state index contributed by atoms with van der Waals surface area (Å²) in [6, 6.07) is 5.46. The van der Waals surface area contributed by atoms with Crippen molar-refractivity contribution in [3.05, 3.63) is 63.0 Å². The molecule has 37 heavy (non-hydrogen) atoms. The van der Waals surface area contributed by atoms with Crippen LogP contribution in [0.3, 0.4) is 0 Å². The maximum atomic E-state index is 14.5. The van der Waals surface area contributed by atoms with Gasteiger partial charge in [0.2, 0.25) is 0 Å². The number of alkyl halides is 2. The van der Waals surface area contributed by atoms with Gasteiger partial charge in [0.1, 0.15) is 18.0 Å². The molecule has 1 spiro atoms. The molecule has 0 amide bonds. The highest BCUT2D eigenvalue weighted by Crippen LogP contribution is 2.52. The number of hydrazone groups is 1. The van der Waals surface area contributed by atoms with Crippen molar-refractivity contribution in [2.45, 2.75) is 44.8 Å². The molecule has 1 fully saturated rings. The van der Waals surface area contributed by atoms with Gasteiger partial charge in [0.05, 0.1) is 17.4 Å². The summed E-state index contributed by atoms with van der Waals surface area (Å²) in [7, 11) is 0. The molecule has 11 heteroatoms. The second kappa shape index (κ2) is 9.41. The Kier molecular flexibility index (Phi) is 6.34. The minimum atomic E-state index is -2.98. The van der Waals surface area contributed by atoms with E-state index in [1.54, 1.807) is 12.4 Å². The number of aromatic nitrogens is 3. The Morgan fingerprint density at radius 1 is 1.19 bits per heavy atom. The number of aryl methyl sites for hydroxylation is 1. The molecule has 3 aromatic rings. The topological polar surface area (TPSA) is 58.8 Å². The van der Waals surface area contributed by atoms with Gasteiger partial charge < -0.3 is 14.2 Å². The van der Waals surface area contributed by atoms with Crippen LogP contribution in [0.2, 0.25) is 4.34 Å². The summed E-state index contributed by atoms with van der Waals surface area (Å²) in [5.41, 5.74) is 1.56. The van der Waals surface area contributed by atoms with E-state index >= 15 is 0 Å². The smallest absolute Gasteiger partial charge is 0.297 e. The third-order valence-electron chi connectivity index (χ3n) is 7.82. The van der Waals surface area contributed by atoms with Crippen LogP contribution >= 0.6 is 22.9 Å². The van der Waals surface area contributed by atoms with E-state index in [1.165, 1.54) is 17.4 Å². The van der Waals surface area contributed by atoms with Gasteiger partial charge in [-0.05, 0) is 38.8 Å². The molecule has 3 aliphatic heterocycles. The molecule has 0 saturated carbocycles. The average Bonchev–Trinajstić information content (AvgIpc) is 3.58. The molecule has 0 aromatic carbocycles. The summed E-state index contributed by atoms with van der Waals surface area (Å²) in [6.45, 7) is 7.34. The predicted octanol–water partition coefficient (Wildman–Crippen LogP) is 5.28. The Morgan fingerprint density at radius 3 is 2.76 bits per heavy atom. The molecule has 0 bridgehead atoms. The molecule has 6 rings (SSSR count). The van der Waals surface area contributed by atoms with Crippen LogP contribution in [-0.2, 0) is 22.8 Å². The lowest BCUT2D eigenvalue weighted by atomic mass is 9.84. The van der Waals surface area contributed by atoms with Crippen molar-refractivity contribution >= 4 is 34.5 Å². The lowest BCUT2D eigenvalue weighted by molar-refractivity contribution is -0.181. The fraction of sp³-hybridized carbons (Fsp3) is 0.500. The van der Waals surface area contributed by atoms with E-state index in [2.05, 4.69) is 32.4 Å². The summed E-state index contributed by atoms with van der Waals surface area (Å²) in [5.74, 6) is -0.890. The highest BCUT2D eigenvalue weighted by Gasteiger charge is 2.51. The molecule has 3 aromatic heterocycles. The maximum absolute atomic E-state index is 14.5. The SMILES string of the molecule is CC1=NN(c2ncccc2Cn2ccnc2C)CC1CN1CCC2(CC1)OCC(F)(F)c1cc(Cl)sc12. The Balaban J connectivity index is 1.12. The largest absolute Gasteiger partial charge is 0.363 e. The normalized spacial score (nSPS) is 22.9. The molecule has 7 nitrogen and oxygen atoms in total. The number of nitrogens with zero attached hydrogens (tertiary/aromatic N) is 6. The third kappa shape index (κ3) is 4.58. The fourth-order valence-electron chi connectivity index (χ4n) is 5.64. The van der Waals surface area contributed by atoms with E-state index < -0.39 is 18.1 Å². The summed E-state index contributed by atoms with van der Waals surface area (Å²) in [5, 5.41) is 6.88. The van der Waals surface area contributed by atoms with Gasteiger partial charge in [-0.25, -0.2) is 15.0 Å². The van der Waals surface area contributed by atoms with E-state index in [-0.39, 0.29) is 11.5 Å². The first-order chi connectivity index (χ1) is 17.7. The Labute approximate surface area is 223 Å². The summed E-state index contributed by atoms with van der Waals surface area (Å²) in [4.78, 5) is 12.0. The zero-order valence-corrected chi connectivity index (χ0v) is 22.4. The quantitative estimate of drug-likeness (QED) is 0.436. The monoisotopic (exact) mass is 546 g/mol. The molecular weight excluding hydrogens is 518 g/mol. The zero-order valence-electron chi connectivity index (χ0n) is 20.8. The minimum Gasteiger partial charge on any atom is -0.363 e. The maximum Gasteiger partial charge on any atom is 0.297 e. The number of imidazole rings is 1. The van der Waals surface area contributed by atoms with Crippen LogP contribution in [0.1, 0.15) is 41.6 Å². The molecule has 0 radical (unpaired) electrons. The van der Waals surface area contributed by atoms with Crippen LogP contribution in [0.25, 0.3) is 0 Å². The molecule has 0 aliphatic carbocycles. The number of piperidine rings is 1. The lowest BCUT2D eigenvalue weighted by Gasteiger charge is -2.45. The number of rotatable bonds is 5. The van der Waals surface area contributed by atoms with Crippen molar-refractivity contribution in [3.8, 4) is 0 Å². The first-order valence-corrected chi connectivity index (χ1v) is 13.7. The molecular formula is C26H29ClF2N6OS. The van der Waals surface area contributed by atoms with Crippen molar-refractivity contribution < 1.29 is 13.5 Å². The van der Waals surface area contributed by atoms with Crippen molar-refractivity contribution in [2.75, 3.05) is 37.8 Å². The van der Waals surface area contributed by atoms with Gasteiger partial charge in [-0.2, -0.15) is 13.9 Å². The molecule has 1 atom stereocenters. The fourth-order valence-corrected chi connectivity index (χ4v) is 7.12. The molecule has 3 aliphatic rings. The second-order valence-corrected chi connectivity index (χ2v) is 11.9. The first kappa shape index (κ1) is 24.9. The molecule has 0 N–H and O–H groups in total. The number of likely N-dealkylation sites (tertiary alicyclic amines) is 1. The number of hydrogen-bond donors (Lipinski definition) is 0. The van der Waals surface area contributed by atoms with Gasteiger partial charge in [-0.1, -0.05) is 17.7 Å². The van der Waals surface area contributed by atoms with Crippen LogP contribution in [0.15, 0.2) is 41.9 Å². The van der Waals surface area contributed by atoms with Crippen molar-refractivity contribution in [2.24, 2.45) is 11.0 Å². The van der Waals surface area contributed by atoms with Gasteiger partial charge in [-0.15, -0.1) is 11.3 Å². The number of thiophene rings is 1. The van der Waals surface area contributed by atoms with E-state index in [9.17, 15) is 8.78 Å². The number of fused-ring (bicyclic) bond motifs is 2. The number of halogens is 3. The van der Waals surface area contributed by atoms with Crippen LogP contribution in [0.4, 0.5) is 14.6 Å². The van der Waals surface area contributed by atoms with Crippen molar-refractivity contribution in [3.63, 3.8) is 0 Å². The van der Waals surface area contributed by atoms with Gasteiger partial charge in [0.15, 0.2) is 5.82 Å². The summed E-state index contributed by atoms with van der Waals surface area (Å²) < 4.78 is 37.3. The number of ether oxygens (including phenoxy) is 1. The minimum absolute atomic E-state index is 0.0497. The van der Waals surface area contributed by atoms with E-state index in [1.807, 2.05) is 24.2 Å². The number of anilines is 1.